The molecular formula is C15H11N3O3. The first-order valence-corrected chi connectivity index (χ1v) is 6.21. The van der Waals surface area contributed by atoms with Crippen LogP contribution in [0.25, 0.3) is 23.1 Å². The highest BCUT2D eigenvalue weighted by molar-refractivity contribution is 5.90. The van der Waals surface area contributed by atoms with Crippen molar-refractivity contribution in [2.45, 2.75) is 0 Å². The summed E-state index contributed by atoms with van der Waals surface area (Å²) >= 11 is 0. The molecule has 0 atom stereocenters. The molecule has 0 unspecified atom stereocenters. The van der Waals surface area contributed by atoms with E-state index in [9.17, 15) is 10.1 Å². The molecule has 0 aliphatic heterocycles. The smallest absolute Gasteiger partial charge is 0.401 e. The second-order valence-electron chi connectivity index (χ2n) is 4.42. The Morgan fingerprint density at radius 1 is 1.14 bits per heavy atom. The average Bonchev–Trinajstić information content (AvgIpc) is 2.95. The number of hydrogen-bond acceptors (Lipinski definition) is 5. The summed E-state index contributed by atoms with van der Waals surface area (Å²) in [6.07, 6.45) is 3.34. The first-order valence-electron chi connectivity index (χ1n) is 6.21. The summed E-state index contributed by atoms with van der Waals surface area (Å²) in [6.45, 7) is 0. The Labute approximate surface area is 119 Å². The monoisotopic (exact) mass is 281 g/mol. The van der Waals surface area contributed by atoms with Gasteiger partial charge in [-0.15, -0.1) is 0 Å². The number of furan rings is 1. The average molecular weight is 281 g/mol. The molecule has 3 rings (SSSR count). The molecule has 3 aromatic rings. The van der Waals surface area contributed by atoms with Crippen molar-refractivity contribution in [2.24, 2.45) is 0 Å². The highest BCUT2D eigenvalue weighted by atomic mass is 16.6. The zero-order valence-corrected chi connectivity index (χ0v) is 10.9. The molecule has 0 radical (unpaired) electrons. The van der Waals surface area contributed by atoms with Crippen molar-refractivity contribution in [1.29, 1.82) is 0 Å². The molecule has 2 N–H and O–H groups in total. The molecule has 2 heterocycles. The van der Waals surface area contributed by atoms with Gasteiger partial charge in [-0.2, -0.15) is 0 Å². The first-order chi connectivity index (χ1) is 10.1. The predicted molar refractivity (Wildman–Crippen MR) is 80.4 cm³/mol. The maximum absolute atomic E-state index is 10.5. The van der Waals surface area contributed by atoms with Gasteiger partial charge >= 0.3 is 5.88 Å². The van der Waals surface area contributed by atoms with Crippen LogP contribution in [0.15, 0.2) is 46.9 Å². The van der Waals surface area contributed by atoms with Crippen molar-refractivity contribution >= 4 is 34.6 Å². The first kappa shape index (κ1) is 12.9. The third-order valence-corrected chi connectivity index (χ3v) is 2.98. The summed E-state index contributed by atoms with van der Waals surface area (Å²) in [6, 6.07) is 12.2. The van der Waals surface area contributed by atoms with E-state index in [-0.39, 0.29) is 5.88 Å². The SMILES string of the molecule is Nc1cccc2ccc(C=Cc3ccc([N+](=O)[O-])o3)nc12. The fourth-order valence-corrected chi connectivity index (χ4v) is 1.98. The Morgan fingerprint density at radius 2 is 2.00 bits per heavy atom. The summed E-state index contributed by atoms with van der Waals surface area (Å²) in [5, 5.41) is 11.5. The molecule has 0 bridgehead atoms. The van der Waals surface area contributed by atoms with E-state index < -0.39 is 4.92 Å². The van der Waals surface area contributed by atoms with Gasteiger partial charge in [-0.1, -0.05) is 18.2 Å². The number of hydrogen-bond donors (Lipinski definition) is 1. The molecule has 21 heavy (non-hydrogen) atoms. The van der Waals surface area contributed by atoms with E-state index in [1.807, 2.05) is 24.3 Å². The second kappa shape index (κ2) is 5.09. The van der Waals surface area contributed by atoms with Gasteiger partial charge in [0.2, 0.25) is 0 Å². The lowest BCUT2D eigenvalue weighted by atomic mass is 10.1. The lowest BCUT2D eigenvalue weighted by Crippen LogP contribution is -1.90. The maximum Gasteiger partial charge on any atom is 0.433 e. The van der Waals surface area contributed by atoms with Gasteiger partial charge in [0.05, 0.1) is 23.0 Å². The number of aromatic nitrogens is 1. The quantitative estimate of drug-likeness (QED) is 0.450. The van der Waals surface area contributed by atoms with E-state index in [0.29, 0.717) is 17.1 Å². The van der Waals surface area contributed by atoms with Crippen molar-refractivity contribution in [3.8, 4) is 0 Å². The Balaban J connectivity index is 1.91. The van der Waals surface area contributed by atoms with Crippen molar-refractivity contribution in [1.82, 2.24) is 4.98 Å². The van der Waals surface area contributed by atoms with E-state index in [0.717, 1.165) is 10.9 Å². The van der Waals surface area contributed by atoms with E-state index in [2.05, 4.69) is 4.98 Å². The number of nitrogens with zero attached hydrogens (tertiary/aromatic N) is 2. The molecule has 2 aromatic heterocycles. The van der Waals surface area contributed by atoms with Gasteiger partial charge in [0.25, 0.3) is 0 Å². The molecule has 0 spiro atoms. The summed E-state index contributed by atoms with van der Waals surface area (Å²) in [4.78, 5) is 14.4. The number of pyridine rings is 1. The number of anilines is 1. The van der Waals surface area contributed by atoms with Gasteiger partial charge in [-0.25, -0.2) is 4.98 Å². The van der Waals surface area contributed by atoms with Gasteiger partial charge in [-0.3, -0.25) is 10.1 Å². The van der Waals surface area contributed by atoms with E-state index in [4.69, 9.17) is 10.2 Å². The minimum Gasteiger partial charge on any atom is -0.401 e. The zero-order valence-electron chi connectivity index (χ0n) is 10.9. The molecule has 0 saturated carbocycles. The van der Waals surface area contributed by atoms with E-state index >= 15 is 0 Å². The summed E-state index contributed by atoms with van der Waals surface area (Å²) in [5.74, 6) is 0.106. The van der Waals surface area contributed by atoms with E-state index in [1.165, 1.54) is 12.1 Å². The fourth-order valence-electron chi connectivity index (χ4n) is 1.98. The molecule has 0 aliphatic carbocycles. The zero-order chi connectivity index (χ0) is 14.8. The molecule has 0 saturated heterocycles. The Morgan fingerprint density at radius 3 is 2.76 bits per heavy atom. The molecule has 104 valence electrons. The summed E-state index contributed by atoms with van der Waals surface area (Å²) in [5.41, 5.74) is 7.92. The van der Waals surface area contributed by atoms with Crippen LogP contribution in [0.4, 0.5) is 11.6 Å². The Bertz CT molecular complexity index is 852. The fraction of sp³-hybridized carbons (Fsp3) is 0. The third kappa shape index (κ3) is 2.59. The lowest BCUT2D eigenvalue weighted by Gasteiger charge is -2.01. The van der Waals surface area contributed by atoms with Crippen LogP contribution >= 0.6 is 0 Å². The van der Waals surface area contributed by atoms with Crippen LogP contribution in [0.3, 0.4) is 0 Å². The highest BCUT2D eigenvalue weighted by Gasteiger charge is 2.09. The number of fused-ring (bicyclic) bond motifs is 1. The minimum atomic E-state index is -0.577. The molecule has 0 amide bonds. The number of nitrogen functional groups attached to an aromatic ring is 1. The number of para-hydroxylation sites is 1. The van der Waals surface area contributed by atoms with Gasteiger partial charge in [0, 0.05) is 5.39 Å². The minimum absolute atomic E-state index is 0.287. The topological polar surface area (TPSA) is 95.2 Å². The number of nitro groups is 1. The van der Waals surface area contributed by atoms with Crippen LogP contribution in [0, 0.1) is 10.1 Å². The van der Waals surface area contributed by atoms with E-state index in [1.54, 1.807) is 18.2 Å². The standard InChI is InChI=1S/C15H11N3O3/c16-13-3-1-2-10-4-5-11(17-15(10)13)6-7-12-8-9-14(21-12)18(19)20/h1-9H,16H2. The third-order valence-electron chi connectivity index (χ3n) is 2.98. The summed E-state index contributed by atoms with van der Waals surface area (Å²) in [7, 11) is 0. The largest absolute Gasteiger partial charge is 0.433 e. The maximum atomic E-state index is 10.5. The van der Waals surface area contributed by atoms with Gasteiger partial charge in [0.1, 0.15) is 10.7 Å². The van der Waals surface area contributed by atoms with Gasteiger partial charge < -0.3 is 10.2 Å². The summed E-state index contributed by atoms with van der Waals surface area (Å²) < 4.78 is 5.04. The van der Waals surface area contributed by atoms with Crippen molar-refractivity contribution in [3.63, 3.8) is 0 Å². The van der Waals surface area contributed by atoms with Crippen LogP contribution < -0.4 is 5.73 Å². The predicted octanol–water partition coefficient (Wildman–Crippen LogP) is 3.49. The molecule has 6 heteroatoms. The molecular weight excluding hydrogens is 270 g/mol. The number of rotatable bonds is 3. The van der Waals surface area contributed by atoms with Crippen molar-refractivity contribution in [2.75, 3.05) is 5.73 Å². The van der Waals surface area contributed by atoms with Crippen molar-refractivity contribution in [3.05, 3.63) is 64.0 Å². The second-order valence-corrected chi connectivity index (χ2v) is 4.42. The Kier molecular flexibility index (Phi) is 3.12. The molecule has 0 fully saturated rings. The van der Waals surface area contributed by atoms with Gasteiger partial charge in [-0.05, 0) is 30.4 Å². The highest BCUT2D eigenvalue weighted by Crippen LogP contribution is 2.21. The molecule has 6 nitrogen and oxygen atoms in total. The van der Waals surface area contributed by atoms with Crippen LogP contribution in [0.2, 0.25) is 0 Å². The number of nitrogens with two attached hydrogens (primary N) is 1. The molecule has 1 aromatic carbocycles. The van der Waals surface area contributed by atoms with Crippen molar-refractivity contribution < 1.29 is 9.34 Å². The van der Waals surface area contributed by atoms with Crippen LogP contribution in [0.5, 0.6) is 0 Å². The van der Waals surface area contributed by atoms with Gasteiger partial charge in [0.15, 0.2) is 0 Å². The molecule has 0 aliphatic rings. The number of benzene rings is 1. The Hall–Kier alpha value is -3.15. The van der Waals surface area contributed by atoms with Crippen LogP contribution in [-0.2, 0) is 0 Å². The van der Waals surface area contributed by atoms with Crippen LogP contribution in [0.1, 0.15) is 11.5 Å². The van der Waals surface area contributed by atoms with Crippen LogP contribution in [-0.4, -0.2) is 9.91 Å². The normalized spacial score (nSPS) is 11.2. The lowest BCUT2D eigenvalue weighted by molar-refractivity contribution is -0.402.